The Balaban J connectivity index is 1.91. The normalized spacial score (nSPS) is 17.6. The van der Waals surface area contributed by atoms with Crippen molar-refractivity contribution in [2.75, 3.05) is 19.7 Å². The van der Waals surface area contributed by atoms with E-state index in [9.17, 15) is 14.0 Å². The van der Waals surface area contributed by atoms with Gasteiger partial charge in [0.25, 0.3) is 5.91 Å². The van der Waals surface area contributed by atoms with Crippen LogP contribution in [0.5, 0.6) is 0 Å². The molecule has 1 aliphatic rings. The highest BCUT2D eigenvalue weighted by molar-refractivity contribution is 6.33. The van der Waals surface area contributed by atoms with Gasteiger partial charge in [0, 0.05) is 6.54 Å². The maximum atomic E-state index is 13.1. The molecule has 1 aromatic carbocycles. The van der Waals surface area contributed by atoms with Crippen molar-refractivity contribution < 1.29 is 23.8 Å². The summed E-state index contributed by atoms with van der Waals surface area (Å²) in [6.07, 6.45) is -1.07. The minimum atomic E-state index is -1.12. The molecule has 0 radical (unpaired) electrons. The van der Waals surface area contributed by atoms with Crippen LogP contribution in [-0.2, 0) is 9.53 Å². The maximum Gasteiger partial charge on any atom is 0.334 e. The number of carboxylic acid groups (broad SMARTS) is 1. The number of carboxylic acids is 1. The van der Waals surface area contributed by atoms with Gasteiger partial charge in [-0.3, -0.25) is 4.79 Å². The maximum absolute atomic E-state index is 13.1. The highest BCUT2D eigenvalue weighted by Crippen LogP contribution is 2.25. The first-order valence-corrected chi connectivity index (χ1v) is 7.91. The molecule has 1 aliphatic heterocycles. The van der Waals surface area contributed by atoms with Gasteiger partial charge in [-0.25, -0.2) is 13.9 Å². The van der Waals surface area contributed by atoms with Gasteiger partial charge in [-0.15, -0.1) is 0 Å². The number of aliphatic carboxylic acids is 1. The Bertz CT molecular complexity index is 822. The number of ether oxygens (including phenoxy) is 1. The van der Waals surface area contributed by atoms with Crippen molar-refractivity contribution >= 4 is 23.5 Å². The fraction of sp³-hybridized carbons (Fsp3) is 0.312. The third-order valence-electron chi connectivity index (χ3n) is 3.92. The minimum absolute atomic E-state index is 0.0638. The van der Waals surface area contributed by atoms with Crippen molar-refractivity contribution in [3.63, 3.8) is 0 Å². The molecular weight excluding hydrogens is 353 g/mol. The Hall–Kier alpha value is -2.45. The Morgan fingerprint density at radius 1 is 1.36 bits per heavy atom. The molecule has 1 fully saturated rings. The number of carbonyl (C=O) groups excluding carboxylic acids is 1. The van der Waals surface area contributed by atoms with Crippen molar-refractivity contribution in [3.05, 3.63) is 46.5 Å². The number of halogens is 2. The fourth-order valence-corrected chi connectivity index (χ4v) is 2.99. The number of morpholine rings is 1. The third kappa shape index (κ3) is 3.35. The van der Waals surface area contributed by atoms with Gasteiger partial charge >= 0.3 is 5.97 Å². The summed E-state index contributed by atoms with van der Waals surface area (Å²) in [4.78, 5) is 25.2. The van der Waals surface area contributed by atoms with Crippen molar-refractivity contribution in [3.8, 4) is 5.69 Å². The number of amides is 1. The summed E-state index contributed by atoms with van der Waals surface area (Å²) in [7, 11) is 0. The summed E-state index contributed by atoms with van der Waals surface area (Å²) < 4.78 is 19.5. The van der Waals surface area contributed by atoms with Crippen LogP contribution in [0.2, 0.25) is 5.15 Å². The van der Waals surface area contributed by atoms with E-state index in [-0.39, 0.29) is 30.4 Å². The number of hydrogen-bond donors (Lipinski definition) is 1. The largest absolute Gasteiger partial charge is 0.479 e. The highest BCUT2D eigenvalue weighted by atomic mass is 35.5. The second-order valence-electron chi connectivity index (χ2n) is 5.59. The SMILES string of the molecule is Cc1nn(-c2ccc(F)cc2)c(Cl)c1C(=O)N1CCOC(C(=O)O)C1. The van der Waals surface area contributed by atoms with E-state index in [1.807, 2.05) is 0 Å². The zero-order chi connectivity index (χ0) is 18.1. The van der Waals surface area contributed by atoms with E-state index < -0.39 is 23.8 Å². The topological polar surface area (TPSA) is 84.7 Å². The highest BCUT2D eigenvalue weighted by Gasteiger charge is 2.32. The smallest absolute Gasteiger partial charge is 0.334 e. The van der Waals surface area contributed by atoms with Crippen molar-refractivity contribution in [2.45, 2.75) is 13.0 Å². The van der Waals surface area contributed by atoms with Gasteiger partial charge in [-0.05, 0) is 31.2 Å². The predicted molar refractivity (Wildman–Crippen MR) is 86.5 cm³/mol. The summed E-state index contributed by atoms with van der Waals surface area (Å²) in [5.74, 6) is -1.93. The average molecular weight is 368 g/mol. The molecule has 0 bridgehead atoms. The zero-order valence-corrected chi connectivity index (χ0v) is 14.0. The van der Waals surface area contributed by atoms with Crippen LogP contribution in [0.15, 0.2) is 24.3 Å². The molecule has 132 valence electrons. The minimum Gasteiger partial charge on any atom is -0.479 e. The lowest BCUT2D eigenvalue weighted by Crippen LogP contribution is -2.48. The quantitative estimate of drug-likeness (QED) is 0.895. The Morgan fingerprint density at radius 3 is 2.68 bits per heavy atom. The van der Waals surface area contributed by atoms with Crippen LogP contribution in [0, 0.1) is 12.7 Å². The third-order valence-corrected chi connectivity index (χ3v) is 4.27. The van der Waals surface area contributed by atoms with Gasteiger partial charge in [-0.2, -0.15) is 5.10 Å². The molecule has 1 amide bonds. The van der Waals surface area contributed by atoms with Crippen LogP contribution in [0.25, 0.3) is 5.69 Å². The molecule has 25 heavy (non-hydrogen) atoms. The molecule has 9 heteroatoms. The first-order valence-electron chi connectivity index (χ1n) is 7.53. The molecule has 0 saturated carbocycles. The lowest BCUT2D eigenvalue weighted by molar-refractivity contribution is -0.154. The van der Waals surface area contributed by atoms with Crippen LogP contribution >= 0.6 is 11.6 Å². The number of nitrogens with zero attached hydrogens (tertiary/aromatic N) is 3. The molecule has 0 spiro atoms. The fourth-order valence-electron chi connectivity index (χ4n) is 2.64. The lowest BCUT2D eigenvalue weighted by atomic mass is 10.2. The van der Waals surface area contributed by atoms with Gasteiger partial charge < -0.3 is 14.7 Å². The van der Waals surface area contributed by atoms with E-state index in [2.05, 4.69) is 5.10 Å². The second-order valence-corrected chi connectivity index (χ2v) is 5.95. The monoisotopic (exact) mass is 367 g/mol. The standard InChI is InChI=1S/C16H15ClFN3O4/c1-9-13(15(22)20-6-7-25-12(8-20)16(23)24)14(17)21(19-9)11-4-2-10(18)3-5-11/h2-5,12H,6-8H2,1H3,(H,23,24). The molecule has 1 saturated heterocycles. The van der Waals surface area contributed by atoms with Crippen LogP contribution in [0.3, 0.4) is 0 Å². The second kappa shape index (κ2) is 6.81. The van der Waals surface area contributed by atoms with E-state index in [0.717, 1.165) is 0 Å². The molecule has 1 unspecified atom stereocenters. The van der Waals surface area contributed by atoms with Crippen LogP contribution in [0.4, 0.5) is 4.39 Å². The van der Waals surface area contributed by atoms with E-state index in [1.165, 1.54) is 33.8 Å². The Kier molecular flexibility index (Phi) is 4.73. The molecule has 0 aliphatic carbocycles. The summed E-state index contributed by atoms with van der Waals surface area (Å²) in [6.45, 7) is 1.96. The van der Waals surface area contributed by atoms with Crippen molar-refractivity contribution in [1.29, 1.82) is 0 Å². The Morgan fingerprint density at radius 2 is 2.04 bits per heavy atom. The average Bonchev–Trinajstić information content (AvgIpc) is 2.89. The van der Waals surface area contributed by atoms with Gasteiger partial charge in [0.05, 0.1) is 30.1 Å². The van der Waals surface area contributed by atoms with E-state index >= 15 is 0 Å². The van der Waals surface area contributed by atoms with E-state index in [4.69, 9.17) is 21.4 Å². The molecule has 2 heterocycles. The molecule has 1 aromatic heterocycles. The van der Waals surface area contributed by atoms with Crippen LogP contribution in [-0.4, -0.2) is 57.5 Å². The molecule has 7 nitrogen and oxygen atoms in total. The van der Waals surface area contributed by atoms with Crippen molar-refractivity contribution in [2.24, 2.45) is 0 Å². The molecule has 1 N–H and O–H groups in total. The Labute approximate surface area is 147 Å². The summed E-state index contributed by atoms with van der Waals surface area (Å²) in [6, 6.07) is 5.53. The molecule has 3 rings (SSSR count). The number of benzene rings is 1. The number of aryl methyl sites for hydroxylation is 1. The summed E-state index contributed by atoms with van der Waals surface area (Å²) >= 11 is 6.33. The first kappa shape index (κ1) is 17.4. The van der Waals surface area contributed by atoms with Crippen LogP contribution in [0.1, 0.15) is 16.1 Å². The van der Waals surface area contributed by atoms with Gasteiger partial charge in [0.1, 0.15) is 11.0 Å². The molecule has 1 atom stereocenters. The van der Waals surface area contributed by atoms with Crippen molar-refractivity contribution in [1.82, 2.24) is 14.7 Å². The predicted octanol–water partition coefficient (Wildman–Crippen LogP) is 1.90. The molecule has 2 aromatic rings. The number of rotatable bonds is 3. The van der Waals surface area contributed by atoms with E-state index in [1.54, 1.807) is 6.92 Å². The summed E-state index contributed by atoms with van der Waals surface area (Å²) in [5, 5.41) is 13.4. The van der Waals surface area contributed by atoms with E-state index in [0.29, 0.717) is 11.4 Å². The number of aromatic nitrogens is 2. The van der Waals surface area contributed by atoms with Gasteiger partial charge in [0.15, 0.2) is 6.10 Å². The number of hydrogen-bond acceptors (Lipinski definition) is 4. The number of carbonyl (C=O) groups is 2. The lowest BCUT2D eigenvalue weighted by Gasteiger charge is -2.30. The first-order chi connectivity index (χ1) is 11.9. The van der Waals surface area contributed by atoms with Crippen LogP contribution < -0.4 is 0 Å². The zero-order valence-electron chi connectivity index (χ0n) is 13.3. The van der Waals surface area contributed by atoms with Gasteiger partial charge in [-0.1, -0.05) is 11.6 Å². The molecular formula is C16H15ClFN3O4. The summed E-state index contributed by atoms with van der Waals surface area (Å²) in [5.41, 5.74) is 1.11. The van der Waals surface area contributed by atoms with Gasteiger partial charge in [0.2, 0.25) is 0 Å².